The maximum Gasteiger partial charge on any atom is 0.247 e. The minimum atomic E-state index is -0.880. The van der Waals surface area contributed by atoms with E-state index in [1.165, 1.54) is 0 Å². The van der Waals surface area contributed by atoms with Crippen molar-refractivity contribution in [1.82, 2.24) is 9.80 Å². The lowest BCUT2D eigenvalue weighted by molar-refractivity contribution is -0.146. The van der Waals surface area contributed by atoms with Gasteiger partial charge in [0, 0.05) is 42.2 Å². The van der Waals surface area contributed by atoms with Gasteiger partial charge in [0.25, 0.3) is 0 Å². The first-order chi connectivity index (χ1) is 18.8. The molecule has 5 atom stereocenters. The van der Waals surface area contributed by atoms with E-state index in [0.717, 1.165) is 12.1 Å². The molecule has 7 nitrogen and oxygen atoms in total. The fraction of sp³-hybridized carbons (Fsp3) is 0.594. The first-order valence-electron chi connectivity index (χ1n) is 14.4. The molecule has 0 aliphatic carbocycles. The first-order valence-corrected chi connectivity index (χ1v) is 15.2. The number of carbonyl (C=O) groups excluding carboxylic acids is 3. The van der Waals surface area contributed by atoms with E-state index in [2.05, 4.69) is 46.8 Å². The molecule has 1 aromatic rings. The zero-order valence-electron chi connectivity index (χ0n) is 24.6. The van der Waals surface area contributed by atoms with Gasteiger partial charge in [0.05, 0.1) is 16.6 Å². The number of nitrogens with zero attached hydrogens (tertiary/aromatic N) is 3. The van der Waals surface area contributed by atoms with Gasteiger partial charge >= 0.3 is 0 Å². The Labute approximate surface area is 242 Å². The van der Waals surface area contributed by atoms with Crippen LogP contribution < -0.4 is 4.90 Å². The van der Waals surface area contributed by atoms with Gasteiger partial charge in [-0.2, -0.15) is 0 Å². The molecule has 5 rings (SSSR count). The van der Waals surface area contributed by atoms with E-state index in [1.807, 2.05) is 54.3 Å². The minimum absolute atomic E-state index is 0.00296. The molecule has 4 aliphatic heterocycles. The molecule has 0 aromatic heterocycles. The summed E-state index contributed by atoms with van der Waals surface area (Å²) in [4.78, 5) is 48.9. The summed E-state index contributed by atoms with van der Waals surface area (Å²) in [6, 6.07) is 8.84. The van der Waals surface area contributed by atoms with Crippen LogP contribution in [0.3, 0.4) is 0 Å². The summed E-state index contributed by atoms with van der Waals surface area (Å²) < 4.78 is -1.53. The lowest BCUT2D eigenvalue weighted by Crippen LogP contribution is -2.58. The number of anilines is 1. The Hall–Kier alpha value is -2.58. The van der Waals surface area contributed by atoms with Crippen molar-refractivity contribution in [3.05, 3.63) is 54.6 Å². The fourth-order valence-electron chi connectivity index (χ4n) is 7.78. The highest BCUT2D eigenvalue weighted by Crippen LogP contribution is 2.65. The van der Waals surface area contributed by atoms with Gasteiger partial charge < -0.3 is 19.8 Å². The Kier molecular flexibility index (Phi) is 7.27. The second-order valence-electron chi connectivity index (χ2n) is 13.7. The first kappa shape index (κ1) is 28.9. The summed E-state index contributed by atoms with van der Waals surface area (Å²) in [5.74, 6) is -1.63. The molecular weight excluding hydrogens is 522 g/mol. The molecule has 1 spiro atoms. The van der Waals surface area contributed by atoms with Gasteiger partial charge in [-0.3, -0.25) is 14.4 Å². The average molecular weight is 566 g/mol. The van der Waals surface area contributed by atoms with Crippen molar-refractivity contribution in [3.63, 3.8) is 0 Å². The molecule has 8 heteroatoms. The molecule has 2 fully saturated rings. The Morgan fingerprint density at radius 3 is 2.25 bits per heavy atom. The zero-order chi connectivity index (χ0) is 29.1. The van der Waals surface area contributed by atoms with E-state index < -0.39 is 32.9 Å². The number of para-hydroxylation sites is 1. The van der Waals surface area contributed by atoms with Crippen LogP contribution in [0.4, 0.5) is 5.69 Å². The van der Waals surface area contributed by atoms with Gasteiger partial charge in [0.15, 0.2) is 0 Å². The average Bonchev–Trinajstić information content (AvgIpc) is 3.12. The molecule has 4 aliphatic rings. The molecule has 1 N–H and O–H groups in total. The fourth-order valence-corrected chi connectivity index (χ4v) is 9.94. The Morgan fingerprint density at radius 1 is 0.925 bits per heavy atom. The number of hydrogen-bond acceptors (Lipinski definition) is 5. The Bertz CT molecular complexity index is 1240. The van der Waals surface area contributed by atoms with Crippen molar-refractivity contribution >= 4 is 35.2 Å². The number of rotatable bonds is 6. The number of benzene rings is 1. The van der Waals surface area contributed by atoms with Crippen LogP contribution in [0.1, 0.15) is 54.4 Å². The molecule has 0 saturated carbocycles. The van der Waals surface area contributed by atoms with Crippen molar-refractivity contribution in [2.45, 2.75) is 75.5 Å². The van der Waals surface area contributed by atoms with E-state index in [1.54, 1.807) is 21.6 Å². The molecule has 0 bridgehead atoms. The number of aliphatic hydroxyl groups excluding tert-OH is 1. The van der Waals surface area contributed by atoms with Crippen LogP contribution in [0, 0.1) is 17.3 Å². The normalized spacial score (nSPS) is 32.2. The molecule has 0 radical (unpaired) electrons. The standard InChI is InChI=1S/C32H43N3O4S/c1-29(2,3)21-30(4,5)35-19-11-16-32-24(27(38)34(18-12-20-36)25(32)28(35)39)23-26(37)33(22-13-8-7-9-14-22)17-10-15-31(23,6)40-32/h7-11,13-16,23-25,36H,12,17-21H2,1-6H3/t23-,24+,25?,31+,32+/m1/s1. The van der Waals surface area contributed by atoms with E-state index >= 15 is 0 Å². The predicted molar refractivity (Wildman–Crippen MR) is 160 cm³/mol. The lowest BCUT2D eigenvalue weighted by Gasteiger charge is -2.44. The number of amides is 3. The number of hydrogen-bond donors (Lipinski definition) is 1. The van der Waals surface area contributed by atoms with Crippen molar-refractivity contribution in [2.24, 2.45) is 17.3 Å². The molecular formula is C32H43N3O4S. The summed E-state index contributed by atoms with van der Waals surface area (Å²) in [5.41, 5.74) is 0.365. The van der Waals surface area contributed by atoms with E-state index in [9.17, 15) is 19.5 Å². The highest BCUT2D eigenvalue weighted by atomic mass is 32.2. The van der Waals surface area contributed by atoms with Gasteiger partial charge in [0.1, 0.15) is 6.04 Å². The summed E-state index contributed by atoms with van der Waals surface area (Å²) >= 11 is 1.60. The Morgan fingerprint density at radius 2 is 1.60 bits per heavy atom. The van der Waals surface area contributed by atoms with Gasteiger partial charge in [0.2, 0.25) is 17.7 Å². The van der Waals surface area contributed by atoms with Crippen LogP contribution in [0.2, 0.25) is 0 Å². The summed E-state index contributed by atoms with van der Waals surface area (Å²) in [5, 5.41) is 9.69. The van der Waals surface area contributed by atoms with Crippen molar-refractivity contribution in [3.8, 4) is 0 Å². The highest BCUT2D eigenvalue weighted by Gasteiger charge is 2.74. The quantitative estimate of drug-likeness (QED) is 0.521. The third kappa shape index (κ3) is 4.61. The second kappa shape index (κ2) is 10.1. The number of carbonyl (C=O) groups is 3. The number of aliphatic hydroxyl groups is 1. The molecule has 216 valence electrons. The highest BCUT2D eigenvalue weighted by molar-refractivity contribution is 8.02. The van der Waals surface area contributed by atoms with Gasteiger partial charge in [-0.25, -0.2) is 0 Å². The molecule has 40 heavy (non-hydrogen) atoms. The van der Waals surface area contributed by atoms with Gasteiger partial charge in [-0.05, 0) is 51.2 Å². The van der Waals surface area contributed by atoms with E-state index in [0.29, 0.717) is 19.5 Å². The van der Waals surface area contributed by atoms with Crippen LogP contribution in [0.15, 0.2) is 54.6 Å². The molecule has 3 amide bonds. The Balaban J connectivity index is 1.61. The number of fused-ring (bicyclic) bond motifs is 2. The van der Waals surface area contributed by atoms with Crippen LogP contribution in [0.5, 0.6) is 0 Å². The largest absolute Gasteiger partial charge is 0.396 e. The maximum absolute atomic E-state index is 14.7. The van der Waals surface area contributed by atoms with Crippen LogP contribution in [-0.2, 0) is 14.4 Å². The molecule has 1 unspecified atom stereocenters. The van der Waals surface area contributed by atoms with Gasteiger partial charge in [-0.1, -0.05) is 63.3 Å². The topological polar surface area (TPSA) is 81.2 Å². The maximum atomic E-state index is 14.7. The summed E-state index contributed by atoms with van der Waals surface area (Å²) in [7, 11) is 0. The van der Waals surface area contributed by atoms with Crippen LogP contribution in [-0.4, -0.2) is 79.9 Å². The molecule has 2 saturated heterocycles. The van der Waals surface area contributed by atoms with Crippen LogP contribution in [0.25, 0.3) is 0 Å². The molecule has 1 aromatic carbocycles. The third-order valence-corrected chi connectivity index (χ3v) is 10.7. The third-order valence-electron chi connectivity index (χ3n) is 8.88. The van der Waals surface area contributed by atoms with E-state index in [-0.39, 0.29) is 36.3 Å². The predicted octanol–water partition coefficient (Wildman–Crippen LogP) is 4.27. The summed E-state index contributed by atoms with van der Waals surface area (Å²) in [6.45, 7) is 13.9. The van der Waals surface area contributed by atoms with Crippen molar-refractivity contribution in [1.29, 1.82) is 0 Å². The zero-order valence-corrected chi connectivity index (χ0v) is 25.4. The minimum Gasteiger partial charge on any atom is -0.396 e. The van der Waals surface area contributed by atoms with E-state index in [4.69, 9.17) is 0 Å². The lowest BCUT2D eigenvalue weighted by atomic mass is 9.74. The second-order valence-corrected chi connectivity index (χ2v) is 15.5. The number of thioether (sulfide) groups is 1. The SMILES string of the molecule is CC(C)(C)CC(C)(C)N1CC=C[C@]23S[C@@]4(C)C=CCN(c5ccccc5)C(=O)[C@H]4[C@H]2C(=O)N(CCCO)C3C1=O. The summed E-state index contributed by atoms with van der Waals surface area (Å²) in [6.07, 6.45) is 9.41. The number of likely N-dealkylation sites (tertiary alicyclic amines) is 1. The van der Waals surface area contributed by atoms with Crippen LogP contribution >= 0.6 is 11.8 Å². The van der Waals surface area contributed by atoms with Gasteiger partial charge in [-0.15, -0.1) is 11.8 Å². The molecule has 4 heterocycles. The van der Waals surface area contributed by atoms with Crippen molar-refractivity contribution < 1.29 is 19.5 Å². The smallest absolute Gasteiger partial charge is 0.247 e. The monoisotopic (exact) mass is 565 g/mol. The van der Waals surface area contributed by atoms with Crippen molar-refractivity contribution in [2.75, 3.05) is 31.1 Å².